The molecule has 0 bridgehead atoms. The summed E-state index contributed by atoms with van der Waals surface area (Å²) in [4.78, 5) is 12.8. The van der Waals surface area contributed by atoms with E-state index in [1.807, 2.05) is 18.7 Å². The Morgan fingerprint density at radius 3 is 2.31 bits per heavy atom. The van der Waals surface area contributed by atoms with E-state index >= 15 is 0 Å². The van der Waals surface area contributed by atoms with E-state index in [1.165, 1.54) is 0 Å². The van der Waals surface area contributed by atoms with Gasteiger partial charge in [-0.3, -0.25) is 9.69 Å². The van der Waals surface area contributed by atoms with Crippen LogP contribution in [0, 0.1) is 0 Å². The summed E-state index contributed by atoms with van der Waals surface area (Å²) in [5, 5.41) is 8.95. The molecule has 0 aliphatic carbocycles. The topological polar surface area (TPSA) is 66.6 Å². The molecule has 1 atom stereocenters. The lowest BCUT2D eigenvalue weighted by Gasteiger charge is -2.25. The van der Waals surface area contributed by atoms with Crippen molar-refractivity contribution in [3.63, 3.8) is 0 Å². The summed E-state index contributed by atoms with van der Waals surface area (Å²) in [5.41, 5.74) is 5.35. The van der Waals surface area contributed by atoms with E-state index in [4.69, 9.17) is 10.8 Å². The lowest BCUT2D eigenvalue weighted by molar-refractivity contribution is -0.143. The van der Waals surface area contributed by atoms with Crippen LogP contribution < -0.4 is 5.73 Å². The molecule has 0 saturated heterocycles. The summed E-state index contributed by atoms with van der Waals surface area (Å²) in [7, 11) is 0. The minimum absolute atomic E-state index is 0.362. The molecule has 0 aliphatic rings. The quantitative estimate of drug-likeness (QED) is 0.611. The second-order valence-electron chi connectivity index (χ2n) is 3.01. The van der Waals surface area contributed by atoms with Crippen molar-refractivity contribution < 1.29 is 9.90 Å². The molecule has 0 saturated carbocycles. The number of hydrogen-bond donors (Lipinski definition) is 2. The lowest BCUT2D eigenvalue weighted by Crippen LogP contribution is -2.41. The molecule has 0 rings (SSSR count). The van der Waals surface area contributed by atoms with Gasteiger partial charge in [0.25, 0.3) is 0 Å². The zero-order chi connectivity index (χ0) is 10.3. The van der Waals surface area contributed by atoms with Crippen LogP contribution in [0.1, 0.15) is 26.7 Å². The van der Waals surface area contributed by atoms with Crippen molar-refractivity contribution in [2.24, 2.45) is 5.73 Å². The molecule has 0 aromatic rings. The maximum atomic E-state index is 10.9. The number of rotatable bonds is 7. The highest BCUT2D eigenvalue weighted by molar-refractivity contribution is 5.73. The molecule has 0 aromatic carbocycles. The van der Waals surface area contributed by atoms with Gasteiger partial charge in [0.05, 0.1) is 0 Å². The monoisotopic (exact) mass is 188 g/mol. The number of aliphatic carboxylic acids is 1. The highest BCUT2D eigenvalue weighted by Gasteiger charge is 2.21. The average molecular weight is 188 g/mol. The summed E-state index contributed by atoms with van der Waals surface area (Å²) in [5.74, 6) is -0.739. The van der Waals surface area contributed by atoms with Crippen LogP contribution in [0.5, 0.6) is 0 Å². The van der Waals surface area contributed by atoms with Crippen molar-refractivity contribution in [2.45, 2.75) is 32.7 Å². The molecule has 0 fully saturated rings. The molecule has 4 nitrogen and oxygen atoms in total. The first kappa shape index (κ1) is 12.4. The van der Waals surface area contributed by atoms with E-state index in [2.05, 4.69) is 0 Å². The Kier molecular flexibility index (Phi) is 6.54. The van der Waals surface area contributed by atoms with Crippen LogP contribution in [-0.4, -0.2) is 41.7 Å². The van der Waals surface area contributed by atoms with Crippen molar-refractivity contribution in [2.75, 3.05) is 19.6 Å². The van der Waals surface area contributed by atoms with Crippen LogP contribution in [-0.2, 0) is 4.79 Å². The molecule has 0 aromatic heterocycles. The minimum atomic E-state index is -0.739. The normalized spacial score (nSPS) is 13.2. The van der Waals surface area contributed by atoms with Crippen LogP contribution in [0.15, 0.2) is 0 Å². The number of hydrogen-bond acceptors (Lipinski definition) is 3. The van der Waals surface area contributed by atoms with E-state index in [9.17, 15) is 4.79 Å². The summed E-state index contributed by atoms with van der Waals surface area (Å²) < 4.78 is 0. The van der Waals surface area contributed by atoms with Gasteiger partial charge in [0, 0.05) is 0 Å². The third-order valence-corrected chi connectivity index (χ3v) is 2.22. The van der Waals surface area contributed by atoms with Gasteiger partial charge in [-0.2, -0.15) is 0 Å². The molecule has 0 spiro atoms. The van der Waals surface area contributed by atoms with Gasteiger partial charge in [0.2, 0.25) is 0 Å². The number of nitrogens with two attached hydrogens (primary N) is 1. The van der Waals surface area contributed by atoms with E-state index in [0.29, 0.717) is 13.0 Å². The van der Waals surface area contributed by atoms with E-state index in [-0.39, 0.29) is 6.04 Å². The predicted molar refractivity (Wildman–Crippen MR) is 52.6 cm³/mol. The summed E-state index contributed by atoms with van der Waals surface area (Å²) >= 11 is 0. The van der Waals surface area contributed by atoms with Crippen molar-refractivity contribution in [1.82, 2.24) is 4.90 Å². The lowest BCUT2D eigenvalue weighted by atomic mass is 10.1. The Bertz CT molecular complexity index is 147. The predicted octanol–water partition coefficient (Wildman–Crippen LogP) is 0.520. The number of likely N-dealkylation sites (N-methyl/N-ethyl adjacent to an activating group) is 1. The van der Waals surface area contributed by atoms with Crippen LogP contribution in [0.25, 0.3) is 0 Å². The van der Waals surface area contributed by atoms with Crippen LogP contribution >= 0.6 is 0 Å². The van der Waals surface area contributed by atoms with Crippen molar-refractivity contribution in [3.05, 3.63) is 0 Å². The number of nitrogens with zero attached hydrogens (tertiary/aromatic N) is 1. The third kappa shape index (κ3) is 4.24. The smallest absolute Gasteiger partial charge is 0.320 e. The first-order valence-corrected chi connectivity index (χ1v) is 4.84. The minimum Gasteiger partial charge on any atom is -0.480 e. The highest BCUT2D eigenvalue weighted by atomic mass is 16.4. The van der Waals surface area contributed by atoms with Gasteiger partial charge in [-0.1, -0.05) is 13.8 Å². The van der Waals surface area contributed by atoms with Gasteiger partial charge in [0.15, 0.2) is 0 Å². The highest BCUT2D eigenvalue weighted by Crippen LogP contribution is 2.06. The molecular weight excluding hydrogens is 168 g/mol. The van der Waals surface area contributed by atoms with Crippen LogP contribution in [0.2, 0.25) is 0 Å². The number of carboxylic acid groups (broad SMARTS) is 1. The van der Waals surface area contributed by atoms with Gasteiger partial charge in [-0.15, -0.1) is 0 Å². The Balaban J connectivity index is 4.12. The number of carbonyl (C=O) groups is 1. The van der Waals surface area contributed by atoms with Gasteiger partial charge in [-0.05, 0) is 32.5 Å². The molecule has 0 unspecified atom stereocenters. The van der Waals surface area contributed by atoms with E-state index in [0.717, 1.165) is 19.5 Å². The van der Waals surface area contributed by atoms with Gasteiger partial charge >= 0.3 is 5.97 Å². The Hall–Kier alpha value is -0.610. The Labute approximate surface area is 79.7 Å². The molecule has 0 amide bonds. The van der Waals surface area contributed by atoms with E-state index in [1.54, 1.807) is 0 Å². The van der Waals surface area contributed by atoms with Crippen molar-refractivity contribution >= 4 is 5.97 Å². The van der Waals surface area contributed by atoms with Crippen molar-refractivity contribution in [1.29, 1.82) is 0 Å². The second kappa shape index (κ2) is 6.86. The van der Waals surface area contributed by atoms with Gasteiger partial charge < -0.3 is 10.8 Å². The molecule has 0 heterocycles. The first-order chi connectivity index (χ1) is 6.17. The summed E-state index contributed by atoms with van der Waals surface area (Å²) in [6, 6.07) is -0.362. The third-order valence-electron chi connectivity index (χ3n) is 2.22. The first-order valence-electron chi connectivity index (χ1n) is 4.84. The SMILES string of the molecule is CCN(CC)[C@@H](CCCN)C(=O)O. The maximum absolute atomic E-state index is 10.9. The fraction of sp³-hybridized carbons (Fsp3) is 0.889. The standard InChI is InChI=1S/C9H20N2O2/c1-3-11(4-2)8(9(12)13)6-5-7-10/h8H,3-7,10H2,1-2H3,(H,12,13)/t8-/m0/s1. The maximum Gasteiger partial charge on any atom is 0.320 e. The van der Waals surface area contributed by atoms with Crippen LogP contribution in [0.4, 0.5) is 0 Å². The Morgan fingerprint density at radius 2 is 2.00 bits per heavy atom. The Morgan fingerprint density at radius 1 is 1.46 bits per heavy atom. The van der Waals surface area contributed by atoms with E-state index < -0.39 is 5.97 Å². The number of carboxylic acids is 1. The zero-order valence-electron chi connectivity index (χ0n) is 8.49. The molecule has 4 heteroatoms. The largest absolute Gasteiger partial charge is 0.480 e. The second-order valence-corrected chi connectivity index (χ2v) is 3.01. The zero-order valence-corrected chi connectivity index (χ0v) is 8.49. The summed E-state index contributed by atoms with van der Waals surface area (Å²) in [6.07, 6.45) is 1.42. The van der Waals surface area contributed by atoms with Gasteiger partial charge in [0.1, 0.15) is 6.04 Å². The molecule has 0 radical (unpaired) electrons. The van der Waals surface area contributed by atoms with Crippen molar-refractivity contribution in [3.8, 4) is 0 Å². The fourth-order valence-corrected chi connectivity index (χ4v) is 1.44. The molecule has 0 aliphatic heterocycles. The average Bonchev–Trinajstić information content (AvgIpc) is 2.11. The molecule has 3 N–H and O–H groups in total. The van der Waals surface area contributed by atoms with Gasteiger partial charge in [-0.25, -0.2) is 0 Å². The van der Waals surface area contributed by atoms with Crippen LogP contribution in [0.3, 0.4) is 0 Å². The fourth-order valence-electron chi connectivity index (χ4n) is 1.44. The molecular formula is C9H20N2O2. The molecule has 78 valence electrons. The summed E-state index contributed by atoms with van der Waals surface area (Å²) in [6.45, 7) is 6.06. The molecule has 13 heavy (non-hydrogen) atoms.